The van der Waals surface area contributed by atoms with Crippen LogP contribution < -0.4 is 15.2 Å². The van der Waals surface area contributed by atoms with Crippen molar-refractivity contribution in [3.63, 3.8) is 0 Å². The third-order valence-corrected chi connectivity index (χ3v) is 12.6. The first-order valence-corrected chi connectivity index (χ1v) is 20.4. The standard InChI is InChI=1S/C54H38O8/c55-36-12-16-40-32(23-36)9-20-44(59)50(40)48(51-41-17-13-37(56)24-33(41)10-21-45(51)60)30-5-1-28(2-6-30)29-3-7-31(8-4-29)49(52-42-18-14-38(57)25-34(42)11-22-46(52)61)53-43-19-15-39(58)26-35(43)27-47-54(53)62-47/h1-20,22-27,45,48-49,55-61H,21H2. The summed E-state index contributed by atoms with van der Waals surface area (Å²) in [7, 11) is 0. The first kappa shape index (κ1) is 37.1. The Morgan fingerprint density at radius 3 is 1.52 bits per heavy atom. The van der Waals surface area contributed by atoms with Gasteiger partial charge < -0.3 is 40.5 Å². The van der Waals surface area contributed by atoms with Gasteiger partial charge in [-0.05, 0) is 144 Å². The van der Waals surface area contributed by atoms with Crippen LogP contribution in [0, 0.1) is 0 Å². The molecule has 0 fully saturated rings. The number of phenolic OH excluding ortho intramolecular Hbond substituents is 6. The summed E-state index contributed by atoms with van der Waals surface area (Å²) in [5.41, 5.74) is 6.39. The second-order valence-corrected chi connectivity index (χ2v) is 16.2. The lowest BCUT2D eigenvalue weighted by Crippen LogP contribution is -2.37. The molecule has 2 aliphatic rings. The van der Waals surface area contributed by atoms with Crippen molar-refractivity contribution in [3.05, 3.63) is 190 Å². The fourth-order valence-corrected chi connectivity index (χ4v) is 9.69. The molecular weight excluding hydrogens is 777 g/mol. The Morgan fingerprint density at radius 1 is 0.452 bits per heavy atom. The Bertz CT molecular complexity index is 3420. The fraction of sp³-hybridized carbons (Fsp3) is 0.0741. The molecule has 11 rings (SSSR count). The quantitative estimate of drug-likeness (QED) is 0.0620. The highest BCUT2D eigenvalue weighted by molar-refractivity contribution is 5.98. The van der Waals surface area contributed by atoms with E-state index in [1.165, 1.54) is 0 Å². The molecule has 62 heavy (non-hydrogen) atoms. The third-order valence-electron chi connectivity index (χ3n) is 12.6. The lowest BCUT2D eigenvalue weighted by Gasteiger charge is -2.29. The topological polar surface area (TPSA) is 154 Å². The van der Waals surface area contributed by atoms with E-state index in [1.54, 1.807) is 78.9 Å². The number of fused-ring (bicyclic) bond motifs is 5. The zero-order valence-corrected chi connectivity index (χ0v) is 33.0. The summed E-state index contributed by atoms with van der Waals surface area (Å²) in [6.45, 7) is 0. The molecule has 3 atom stereocenters. The van der Waals surface area contributed by atoms with Crippen LogP contribution >= 0.6 is 0 Å². The molecule has 0 radical (unpaired) electrons. The van der Waals surface area contributed by atoms with E-state index >= 15 is 0 Å². The summed E-state index contributed by atoms with van der Waals surface area (Å²) in [5, 5.41) is 82.8. The fourth-order valence-electron chi connectivity index (χ4n) is 9.69. The SMILES string of the molecule is Oc1ccc2c(c1)=CCC(O)C=2C(c1ccc(-c2ccc(C(c3c(O)ccc4cc(O)ccc34)c3c4c(cc5cc(O)ccc35)O4)cc2)cc1)c1c(O)ccc2cc(O)ccc12. The molecule has 0 spiro atoms. The first-order valence-electron chi connectivity index (χ1n) is 20.4. The molecule has 9 aromatic carbocycles. The molecular formula is C54H38O8. The predicted molar refractivity (Wildman–Crippen MR) is 241 cm³/mol. The van der Waals surface area contributed by atoms with Crippen molar-refractivity contribution < 1.29 is 40.5 Å². The Balaban J connectivity index is 1.05. The third kappa shape index (κ3) is 6.11. The van der Waals surface area contributed by atoms with Crippen LogP contribution in [0.15, 0.2) is 152 Å². The zero-order chi connectivity index (χ0) is 42.4. The van der Waals surface area contributed by atoms with Crippen molar-refractivity contribution in [1.29, 1.82) is 0 Å². The van der Waals surface area contributed by atoms with Crippen molar-refractivity contribution in [2.75, 3.05) is 0 Å². The Morgan fingerprint density at radius 2 is 0.935 bits per heavy atom. The summed E-state index contributed by atoms with van der Waals surface area (Å²) in [5.74, 6) is 0.975. The number of phenols is 6. The molecule has 0 saturated heterocycles. The number of benzene rings is 9. The molecule has 7 N–H and O–H groups in total. The maximum Gasteiger partial charge on any atom is 0.174 e. The summed E-state index contributed by atoms with van der Waals surface area (Å²) >= 11 is 0. The van der Waals surface area contributed by atoms with Crippen LogP contribution in [0.4, 0.5) is 0 Å². The normalized spacial score (nSPS) is 15.1. The van der Waals surface area contributed by atoms with E-state index in [-0.39, 0.29) is 34.5 Å². The zero-order valence-electron chi connectivity index (χ0n) is 33.0. The van der Waals surface area contributed by atoms with Gasteiger partial charge in [-0.2, -0.15) is 0 Å². The number of hydrogen-bond donors (Lipinski definition) is 7. The molecule has 0 aromatic heterocycles. The Kier molecular flexibility index (Phi) is 8.42. The minimum Gasteiger partial charge on any atom is -0.508 e. The Hall–Kier alpha value is -7.94. The maximum absolute atomic E-state index is 11.7. The molecule has 1 aliphatic heterocycles. The summed E-state index contributed by atoms with van der Waals surface area (Å²) in [6, 6.07) is 45.5. The monoisotopic (exact) mass is 814 g/mol. The van der Waals surface area contributed by atoms with Crippen LogP contribution in [0.3, 0.4) is 0 Å². The molecule has 0 bridgehead atoms. The van der Waals surface area contributed by atoms with Gasteiger partial charge in [0.2, 0.25) is 0 Å². The summed E-state index contributed by atoms with van der Waals surface area (Å²) < 4.78 is 6.06. The number of ether oxygens (including phenoxy) is 1. The van der Waals surface area contributed by atoms with Crippen LogP contribution in [-0.2, 0) is 0 Å². The molecule has 8 nitrogen and oxygen atoms in total. The molecule has 1 aliphatic carbocycles. The van der Waals surface area contributed by atoms with Gasteiger partial charge in [-0.1, -0.05) is 91.0 Å². The van der Waals surface area contributed by atoms with Crippen molar-refractivity contribution in [1.82, 2.24) is 0 Å². The van der Waals surface area contributed by atoms with E-state index in [0.717, 1.165) is 76.3 Å². The number of aromatic hydroxyl groups is 6. The predicted octanol–water partition coefficient (Wildman–Crippen LogP) is 9.86. The molecule has 9 aromatic rings. The minimum absolute atomic E-state index is 0.0543. The lowest BCUT2D eigenvalue weighted by atomic mass is 9.76. The van der Waals surface area contributed by atoms with Crippen molar-refractivity contribution in [3.8, 4) is 57.1 Å². The minimum atomic E-state index is -0.874. The van der Waals surface area contributed by atoms with Gasteiger partial charge in [-0.25, -0.2) is 0 Å². The van der Waals surface area contributed by atoms with Gasteiger partial charge in [-0.15, -0.1) is 0 Å². The van der Waals surface area contributed by atoms with Gasteiger partial charge in [0.05, 0.1) is 6.10 Å². The smallest absolute Gasteiger partial charge is 0.174 e. The van der Waals surface area contributed by atoms with Crippen LogP contribution in [0.2, 0.25) is 0 Å². The molecule has 302 valence electrons. The van der Waals surface area contributed by atoms with E-state index in [2.05, 4.69) is 0 Å². The number of rotatable bonds is 7. The maximum atomic E-state index is 11.7. The summed E-state index contributed by atoms with van der Waals surface area (Å²) in [6.07, 6.45) is 1.36. The van der Waals surface area contributed by atoms with Crippen molar-refractivity contribution in [2.24, 2.45) is 0 Å². The van der Waals surface area contributed by atoms with Gasteiger partial charge in [0.1, 0.15) is 34.5 Å². The average molecular weight is 815 g/mol. The van der Waals surface area contributed by atoms with Crippen LogP contribution in [0.25, 0.3) is 55.1 Å². The van der Waals surface area contributed by atoms with E-state index in [9.17, 15) is 35.7 Å². The van der Waals surface area contributed by atoms with Gasteiger partial charge >= 0.3 is 0 Å². The van der Waals surface area contributed by atoms with Crippen LogP contribution in [0.5, 0.6) is 46.0 Å². The number of aliphatic hydroxyl groups excluding tert-OH is 1. The highest BCUT2D eigenvalue weighted by Crippen LogP contribution is 2.58. The van der Waals surface area contributed by atoms with E-state index < -0.39 is 17.9 Å². The molecule has 0 amide bonds. The highest BCUT2D eigenvalue weighted by Gasteiger charge is 2.36. The molecule has 8 heteroatoms. The van der Waals surface area contributed by atoms with Crippen molar-refractivity contribution >= 4 is 44.0 Å². The molecule has 0 saturated carbocycles. The molecule has 1 heterocycles. The number of hydrogen-bond acceptors (Lipinski definition) is 8. The van der Waals surface area contributed by atoms with E-state index in [0.29, 0.717) is 28.9 Å². The van der Waals surface area contributed by atoms with E-state index in [4.69, 9.17) is 4.74 Å². The summed E-state index contributed by atoms with van der Waals surface area (Å²) in [4.78, 5) is 0. The first-order chi connectivity index (χ1) is 30.1. The van der Waals surface area contributed by atoms with Crippen LogP contribution in [-0.4, -0.2) is 41.8 Å². The van der Waals surface area contributed by atoms with Crippen molar-refractivity contribution in [2.45, 2.75) is 24.4 Å². The molecule has 3 unspecified atom stereocenters. The van der Waals surface area contributed by atoms with Gasteiger partial charge in [0.25, 0.3) is 0 Å². The lowest BCUT2D eigenvalue weighted by molar-refractivity contribution is 0.232. The Labute approximate surface area is 354 Å². The number of aliphatic hydroxyl groups is 1. The second-order valence-electron chi connectivity index (χ2n) is 16.2. The van der Waals surface area contributed by atoms with Gasteiger partial charge in [0, 0.05) is 28.5 Å². The second kappa shape index (κ2) is 14.1. The van der Waals surface area contributed by atoms with Gasteiger partial charge in [-0.3, -0.25) is 0 Å². The average Bonchev–Trinajstić information content (AvgIpc) is 4.05. The largest absolute Gasteiger partial charge is 0.508 e. The van der Waals surface area contributed by atoms with E-state index in [1.807, 2.05) is 78.9 Å². The van der Waals surface area contributed by atoms with Crippen LogP contribution in [0.1, 0.15) is 46.1 Å². The highest BCUT2D eigenvalue weighted by atomic mass is 16.6. The van der Waals surface area contributed by atoms with Gasteiger partial charge in [0.15, 0.2) is 11.5 Å².